The summed E-state index contributed by atoms with van der Waals surface area (Å²) in [6.07, 6.45) is 0. The van der Waals surface area contributed by atoms with Gasteiger partial charge in [-0.15, -0.1) is 0 Å². The molecule has 1 aliphatic rings. The summed E-state index contributed by atoms with van der Waals surface area (Å²) in [5.41, 5.74) is 12.5. The van der Waals surface area contributed by atoms with Gasteiger partial charge in [0, 0.05) is 28.4 Å². The van der Waals surface area contributed by atoms with E-state index in [-0.39, 0.29) is 0 Å². The lowest BCUT2D eigenvalue weighted by Crippen LogP contribution is -2.24. The number of para-hydroxylation sites is 4. The lowest BCUT2D eigenvalue weighted by Gasteiger charge is -2.41. The third-order valence-corrected chi connectivity index (χ3v) is 9.30. The molecule has 0 spiro atoms. The zero-order valence-corrected chi connectivity index (χ0v) is 26.9. The molecular formula is C46H33N3. The minimum Gasteiger partial charge on any atom is -0.311 e. The molecule has 0 aliphatic carbocycles. The van der Waals surface area contributed by atoms with E-state index in [2.05, 4.69) is 215 Å². The number of anilines is 9. The van der Waals surface area contributed by atoms with Gasteiger partial charge in [0.05, 0.1) is 22.7 Å². The lowest BCUT2D eigenvalue weighted by molar-refractivity contribution is 1.17. The molecule has 0 unspecified atom stereocenters. The molecule has 1 aliphatic heterocycles. The first-order valence-corrected chi connectivity index (χ1v) is 16.7. The van der Waals surface area contributed by atoms with Crippen LogP contribution in [0.5, 0.6) is 0 Å². The van der Waals surface area contributed by atoms with Gasteiger partial charge in [-0.05, 0) is 107 Å². The van der Waals surface area contributed by atoms with Gasteiger partial charge in [-0.25, -0.2) is 0 Å². The maximum Gasteiger partial charge on any atom is 0.0709 e. The van der Waals surface area contributed by atoms with Crippen LogP contribution in [0, 0.1) is 0 Å². The normalized spacial score (nSPS) is 12.0. The number of hydrogen-bond donors (Lipinski definition) is 0. The first kappa shape index (κ1) is 28.6. The Morgan fingerprint density at radius 2 is 0.673 bits per heavy atom. The molecule has 0 bridgehead atoms. The van der Waals surface area contributed by atoms with E-state index < -0.39 is 0 Å². The second-order valence-electron chi connectivity index (χ2n) is 12.3. The maximum absolute atomic E-state index is 2.42. The highest BCUT2D eigenvalue weighted by Gasteiger charge is 2.31. The molecule has 3 heteroatoms. The van der Waals surface area contributed by atoms with E-state index in [4.69, 9.17) is 0 Å². The Morgan fingerprint density at radius 1 is 0.286 bits per heavy atom. The highest BCUT2D eigenvalue weighted by Crippen LogP contribution is 2.55. The number of benzene rings is 8. The van der Waals surface area contributed by atoms with Crippen molar-refractivity contribution in [1.29, 1.82) is 0 Å². The minimum atomic E-state index is 1.11. The molecule has 0 radical (unpaired) electrons. The summed E-state index contributed by atoms with van der Waals surface area (Å²) in [6.45, 7) is 0. The van der Waals surface area contributed by atoms with Gasteiger partial charge in [0.15, 0.2) is 0 Å². The molecule has 8 aromatic carbocycles. The molecule has 0 N–H and O–H groups in total. The summed E-state index contributed by atoms with van der Waals surface area (Å²) in [7, 11) is 0. The van der Waals surface area contributed by atoms with Gasteiger partial charge in [0.1, 0.15) is 0 Å². The summed E-state index contributed by atoms with van der Waals surface area (Å²) in [5, 5.41) is 2.43. The van der Waals surface area contributed by atoms with Crippen molar-refractivity contribution in [2.24, 2.45) is 0 Å². The van der Waals surface area contributed by atoms with Crippen LogP contribution in [0.15, 0.2) is 200 Å². The fourth-order valence-corrected chi connectivity index (χ4v) is 7.02. The van der Waals surface area contributed by atoms with Crippen LogP contribution in [0.1, 0.15) is 0 Å². The van der Waals surface area contributed by atoms with Crippen molar-refractivity contribution in [2.45, 2.75) is 0 Å². The summed E-state index contributed by atoms with van der Waals surface area (Å²) < 4.78 is 0. The van der Waals surface area contributed by atoms with Gasteiger partial charge in [-0.2, -0.15) is 0 Å². The molecule has 232 valence electrons. The van der Waals surface area contributed by atoms with Crippen LogP contribution < -0.4 is 14.7 Å². The van der Waals surface area contributed by atoms with Crippen molar-refractivity contribution in [1.82, 2.24) is 0 Å². The fourth-order valence-electron chi connectivity index (χ4n) is 7.02. The molecule has 0 fully saturated rings. The van der Waals surface area contributed by atoms with Gasteiger partial charge in [0.2, 0.25) is 0 Å². The highest BCUT2D eigenvalue weighted by molar-refractivity contribution is 6.06. The fraction of sp³-hybridized carbons (Fsp3) is 0. The van der Waals surface area contributed by atoms with Crippen LogP contribution in [-0.2, 0) is 0 Å². The molecule has 3 nitrogen and oxygen atoms in total. The summed E-state index contributed by atoms with van der Waals surface area (Å²) in [4.78, 5) is 7.12. The predicted octanol–water partition coefficient (Wildman–Crippen LogP) is 13.2. The number of nitrogens with zero attached hydrogens (tertiary/aromatic N) is 3. The Balaban J connectivity index is 1.20. The minimum absolute atomic E-state index is 1.11. The first-order valence-electron chi connectivity index (χ1n) is 16.7. The largest absolute Gasteiger partial charge is 0.311 e. The molecule has 1 heterocycles. The zero-order chi connectivity index (χ0) is 32.6. The molecule has 0 amide bonds. The Hall–Kier alpha value is -6.58. The Bertz CT molecular complexity index is 2330. The molecule has 0 atom stereocenters. The van der Waals surface area contributed by atoms with Crippen molar-refractivity contribution < 1.29 is 0 Å². The van der Waals surface area contributed by atoms with Crippen molar-refractivity contribution >= 4 is 62.0 Å². The van der Waals surface area contributed by atoms with Crippen molar-refractivity contribution in [3.8, 4) is 11.1 Å². The quantitative estimate of drug-likeness (QED) is 0.182. The monoisotopic (exact) mass is 627 g/mol. The third kappa shape index (κ3) is 5.18. The third-order valence-electron chi connectivity index (χ3n) is 9.30. The van der Waals surface area contributed by atoms with Crippen LogP contribution in [0.25, 0.3) is 21.9 Å². The van der Waals surface area contributed by atoms with Crippen LogP contribution >= 0.6 is 0 Å². The summed E-state index contributed by atoms with van der Waals surface area (Å²) >= 11 is 0. The van der Waals surface area contributed by atoms with Gasteiger partial charge in [0.25, 0.3) is 0 Å². The average Bonchev–Trinajstić information content (AvgIpc) is 3.18. The first-order chi connectivity index (χ1) is 24.3. The lowest BCUT2D eigenvalue weighted by atomic mass is 9.97. The molecule has 0 saturated heterocycles. The van der Waals surface area contributed by atoms with Crippen LogP contribution in [0.2, 0.25) is 0 Å². The molecule has 49 heavy (non-hydrogen) atoms. The van der Waals surface area contributed by atoms with Crippen molar-refractivity contribution in [3.05, 3.63) is 200 Å². The van der Waals surface area contributed by atoms with Crippen LogP contribution in [0.3, 0.4) is 0 Å². The highest BCUT2D eigenvalue weighted by atomic mass is 15.3. The zero-order valence-electron chi connectivity index (χ0n) is 26.9. The number of rotatable bonds is 6. The average molecular weight is 628 g/mol. The summed E-state index contributed by atoms with van der Waals surface area (Å²) in [5.74, 6) is 0. The predicted molar refractivity (Wildman–Crippen MR) is 207 cm³/mol. The van der Waals surface area contributed by atoms with Crippen LogP contribution in [0.4, 0.5) is 51.2 Å². The van der Waals surface area contributed by atoms with E-state index in [1.165, 1.54) is 10.8 Å². The molecule has 0 aromatic heterocycles. The number of fused-ring (bicyclic) bond motifs is 3. The Labute approximate surface area is 287 Å². The smallest absolute Gasteiger partial charge is 0.0709 e. The van der Waals surface area contributed by atoms with Crippen LogP contribution in [-0.4, -0.2) is 0 Å². The Morgan fingerprint density at radius 3 is 1.18 bits per heavy atom. The molecule has 9 rings (SSSR count). The van der Waals surface area contributed by atoms with E-state index in [9.17, 15) is 0 Å². The maximum atomic E-state index is 2.42. The van der Waals surface area contributed by atoms with E-state index in [0.29, 0.717) is 0 Å². The Kier molecular flexibility index (Phi) is 7.14. The topological polar surface area (TPSA) is 9.72 Å². The van der Waals surface area contributed by atoms with Crippen molar-refractivity contribution in [3.63, 3.8) is 0 Å². The van der Waals surface area contributed by atoms with E-state index in [1.54, 1.807) is 0 Å². The molecule has 8 aromatic rings. The van der Waals surface area contributed by atoms with E-state index in [0.717, 1.165) is 62.3 Å². The summed E-state index contributed by atoms with van der Waals surface area (Å²) in [6, 6.07) is 71.6. The van der Waals surface area contributed by atoms with E-state index >= 15 is 0 Å². The SMILES string of the molecule is c1ccc(N(c2ccccc2)c2ccc(-c3ccc4c(c3)N(c3ccccc3)c3cc5ccccc5cc3N4c3ccccc3)cc2)cc1. The second-order valence-corrected chi connectivity index (χ2v) is 12.3. The van der Waals surface area contributed by atoms with Gasteiger partial charge in [-0.3, -0.25) is 0 Å². The molecule has 0 saturated carbocycles. The van der Waals surface area contributed by atoms with Gasteiger partial charge in [-0.1, -0.05) is 115 Å². The van der Waals surface area contributed by atoms with E-state index in [1.807, 2.05) is 0 Å². The molecular weight excluding hydrogens is 595 g/mol. The number of hydrogen-bond acceptors (Lipinski definition) is 3. The standard InChI is InChI=1S/C46H33N3/c1-5-17-38(18-6-1)47(39-19-7-2-8-20-39)42-28-25-34(26-29-42)37-27-30-43-44(33-37)49(41-23-11-4-12-24-41)46-32-36-16-14-13-15-35(36)31-45(46)48(43)40-21-9-3-10-22-40/h1-33H. The van der Waals surface area contributed by atoms with Gasteiger partial charge >= 0.3 is 0 Å². The van der Waals surface area contributed by atoms with Gasteiger partial charge < -0.3 is 14.7 Å². The van der Waals surface area contributed by atoms with Crippen molar-refractivity contribution in [2.75, 3.05) is 14.7 Å². The second kappa shape index (κ2) is 12.2.